The Hall–Kier alpha value is -1.04. The molecule has 3 N–H and O–H groups in total. The molecule has 0 aliphatic rings. The summed E-state index contributed by atoms with van der Waals surface area (Å²) in [6.45, 7) is 2.10. The van der Waals surface area contributed by atoms with E-state index in [0.717, 1.165) is 17.5 Å². The molecule has 0 saturated carbocycles. The van der Waals surface area contributed by atoms with E-state index in [1.807, 2.05) is 18.2 Å². The molecule has 110 valence electrons. The Balaban J connectivity index is 0.00000242. The van der Waals surface area contributed by atoms with Gasteiger partial charge in [0.2, 0.25) is 0 Å². The fourth-order valence-corrected chi connectivity index (χ4v) is 2.34. The van der Waals surface area contributed by atoms with Gasteiger partial charge < -0.3 is 12.3 Å². The quantitative estimate of drug-likeness (QED) is 0.469. The van der Waals surface area contributed by atoms with Gasteiger partial charge in [0.05, 0.1) is 4.86 Å². The zero-order chi connectivity index (χ0) is 15.4. The van der Waals surface area contributed by atoms with Gasteiger partial charge in [0.25, 0.3) is 0 Å². The van der Waals surface area contributed by atoms with E-state index in [9.17, 15) is 4.79 Å². The summed E-state index contributed by atoms with van der Waals surface area (Å²) in [5.74, 6) is -1.05. The molecule has 2 rings (SSSR count). The summed E-state index contributed by atoms with van der Waals surface area (Å²) in [6, 6.07) is 14.1. The summed E-state index contributed by atoms with van der Waals surface area (Å²) in [6.07, 6.45) is 0.982. The van der Waals surface area contributed by atoms with Gasteiger partial charge in [-0.2, -0.15) is 0 Å². The largest absolute Gasteiger partial charge is 1.00 e. The van der Waals surface area contributed by atoms with Crippen LogP contribution in [0.2, 0.25) is 0 Å². The molecule has 0 aliphatic heterocycles. The topological polar surface area (TPSA) is 63.3 Å². The summed E-state index contributed by atoms with van der Waals surface area (Å²) < 4.78 is 0. The molecule has 1 atom stereocenters. The van der Waals surface area contributed by atoms with E-state index in [4.69, 9.17) is 23.1 Å². The first-order valence-corrected chi connectivity index (χ1v) is 7.15. The molecule has 0 aromatic heterocycles. The number of thiocarbonyl (C=S) groups is 1. The molecule has 22 heavy (non-hydrogen) atoms. The number of aliphatic carboxylic acids is 1. The van der Waals surface area contributed by atoms with Crippen LogP contribution in [0.25, 0.3) is 0 Å². The van der Waals surface area contributed by atoms with Crippen LogP contribution in [0.5, 0.6) is 0 Å². The Bertz CT molecular complexity index is 677. The van der Waals surface area contributed by atoms with E-state index < -0.39 is 12.0 Å². The molecule has 1 unspecified atom stereocenters. The van der Waals surface area contributed by atoms with Crippen molar-refractivity contribution in [1.82, 2.24) is 0 Å². The van der Waals surface area contributed by atoms with Gasteiger partial charge in [0.1, 0.15) is 6.04 Å². The van der Waals surface area contributed by atoms with Crippen molar-refractivity contribution in [1.29, 1.82) is 0 Å². The van der Waals surface area contributed by atoms with Crippen LogP contribution in [0.15, 0.2) is 48.5 Å². The van der Waals surface area contributed by atoms with Gasteiger partial charge in [-0.25, -0.2) is 0 Å². The van der Waals surface area contributed by atoms with Gasteiger partial charge in [-0.15, -0.1) is 0 Å². The molecule has 0 radical (unpaired) electrons. The fraction of sp³-hybridized carbons (Fsp3) is 0.176. The molecule has 0 amide bonds. The van der Waals surface area contributed by atoms with Crippen LogP contribution in [-0.4, -0.2) is 15.9 Å². The van der Waals surface area contributed by atoms with Crippen molar-refractivity contribution in [3.05, 3.63) is 70.8 Å². The van der Waals surface area contributed by atoms with Crippen molar-refractivity contribution >= 4 is 23.1 Å². The first-order valence-electron chi connectivity index (χ1n) is 6.75. The number of nitrogens with two attached hydrogens (primary N) is 1. The maximum absolute atomic E-state index is 11.0. The minimum absolute atomic E-state index is 0. The van der Waals surface area contributed by atoms with Gasteiger partial charge in [-0.1, -0.05) is 61.6 Å². The molecule has 2 aromatic carbocycles. The summed E-state index contributed by atoms with van der Waals surface area (Å²) in [5, 5.41) is 8.98. The van der Waals surface area contributed by atoms with Crippen LogP contribution in [0.1, 0.15) is 36.6 Å². The van der Waals surface area contributed by atoms with E-state index in [2.05, 4.69) is 19.1 Å². The third-order valence-corrected chi connectivity index (χ3v) is 3.87. The summed E-state index contributed by atoms with van der Waals surface area (Å²) in [4.78, 5) is 11.7. The van der Waals surface area contributed by atoms with Crippen LogP contribution in [0.3, 0.4) is 0 Å². The second-order valence-corrected chi connectivity index (χ2v) is 5.23. The Morgan fingerprint density at radius 1 is 1.23 bits per heavy atom. The molecule has 0 spiro atoms. The van der Waals surface area contributed by atoms with Gasteiger partial charge in [-0.3, -0.25) is 4.79 Å². The SMILES string of the molecule is CCc1ccc(C(=S)c2cccc(C(N)C(=O)O)c2)cc1.[H-].[Na+]. The molecule has 0 bridgehead atoms. The molecule has 5 heteroatoms. The number of benzene rings is 2. The van der Waals surface area contributed by atoms with Gasteiger partial charge in [0.15, 0.2) is 0 Å². The van der Waals surface area contributed by atoms with E-state index in [1.54, 1.807) is 18.2 Å². The number of hydrogen-bond acceptors (Lipinski definition) is 3. The van der Waals surface area contributed by atoms with E-state index in [-0.39, 0.29) is 31.0 Å². The third kappa shape index (κ3) is 4.48. The number of rotatable bonds is 5. The Labute approximate surface area is 159 Å². The summed E-state index contributed by atoms with van der Waals surface area (Å²) >= 11 is 5.49. The summed E-state index contributed by atoms with van der Waals surface area (Å²) in [7, 11) is 0. The van der Waals surface area contributed by atoms with Crippen LogP contribution in [-0.2, 0) is 11.2 Å². The van der Waals surface area contributed by atoms with Crippen LogP contribution >= 0.6 is 12.2 Å². The zero-order valence-corrected chi connectivity index (χ0v) is 15.6. The average molecular weight is 323 g/mol. The predicted octanol–water partition coefficient (Wildman–Crippen LogP) is 0.216. The standard InChI is InChI=1S/C17H17NO2S.Na.H/c1-2-11-6-8-12(9-7-11)16(21)14-5-3-4-13(10-14)15(18)17(19)20;;/h3-10,15H,2,18H2,1H3,(H,19,20);;/q;+1;-1. The van der Waals surface area contributed by atoms with Crippen LogP contribution in [0, 0.1) is 0 Å². The molecule has 3 nitrogen and oxygen atoms in total. The third-order valence-electron chi connectivity index (χ3n) is 3.40. The maximum atomic E-state index is 11.0. The fourth-order valence-electron chi connectivity index (χ4n) is 2.07. The number of carbonyl (C=O) groups is 1. The summed E-state index contributed by atoms with van der Waals surface area (Å²) in [5.41, 5.74) is 9.20. The Morgan fingerprint density at radius 3 is 2.41 bits per heavy atom. The van der Waals surface area contributed by atoms with E-state index >= 15 is 0 Å². The molecule has 0 aliphatic carbocycles. The first kappa shape index (κ1) is 19.0. The van der Waals surface area contributed by atoms with Crippen LogP contribution < -0.4 is 35.3 Å². The minimum atomic E-state index is -1.05. The second kappa shape index (κ2) is 8.56. The van der Waals surface area contributed by atoms with E-state index in [1.165, 1.54) is 5.56 Å². The molecule has 0 heterocycles. The maximum Gasteiger partial charge on any atom is 1.00 e. The van der Waals surface area contributed by atoms with Gasteiger partial charge >= 0.3 is 35.5 Å². The smallest absolute Gasteiger partial charge is 1.00 e. The molecule has 2 aromatic rings. The molecular weight excluding hydrogens is 305 g/mol. The zero-order valence-electron chi connectivity index (χ0n) is 13.7. The van der Waals surface area contributed by atoms with E-state index in [0.29, 0.717) is 10.4 Å². The normalized spacial score (nSPS) is 11.4. The van der Waals surface area contributed by atoms with Gasteiger partial charge in [-0.05, 0) is 34.7 Å². The Kier molecular flexibility index (Phi) is 7.39. The van der Waals surface area contributed by atoms with Crippen molar-refractivity contribution < 1.29 is 40.9 Å². The van der Waals surface area contributed by atoms with Crippen molar-refractivity contribution in [3.8, 4) is 0 Å². The van der Waals surface area contributed by atoms with Crippen molar-refractivity contribution in [2.24, 2.45) is 5.73 Å². The molecular formula is C17H18NNaO2S. The molecule has 0 saturated heterocycles. The van der Waals surface area contributed by atoms with Crippen LogP contribution in [0.4, 0.5) is 0 Å². The molecule has 0 fully saturated rings. The Morgan fingerprint density at radius 2 is 1.86 bits per heavy atom. The van der Waals surface area contributed by atoms with Crippen molar-refractivity contribution in [2.45, 2.75) is 19.4 Å². The van der Waals surface area contributed by atoms with Gasteiger partial charge in [0, 0.05) is 0 Å². The number of hydrogen-bond donors (Lipinski definition) is 2. The predicted molar refractivity (Wildman–Crippen MR) is 88.7 cm³/mol. The first-order chi connectivity index (χ1) is 10.0. The van der Waals surface area contributed by atoms with Crippen molar-refractivity contribution in [2.75, 3.05) is 0 Å². The number of carboxylic acids is 1. The average Bonchev–Trinajstić information content (AvgIpc) is 2.53. The number of aryl methyl sites for hydroxylation is 1. The van der Waals surface area contributed by atoms with Crippen molar-refractivity contribution in [3.63, 3.8) is 0 Å². The second-order valence-electron chi connectivity index (χ2n) is 4.82. The minimum Gasteiger partial charge on any atom is -1.00 e. The number of carboxylic acid groups (broad SMARTS) is 1. The monoisotopic (exact) mass is 323 g/mol.